The van der Waals surface area contributed by atoms with Gasteiger partial charge in [0.05, 0.1) is 18.5 Å². The van der Waals surface area contributed by atoms with Crippen molar-refractivity contribution in [1.82, 2.24) is 9.55 Å². The van der Waals surface area contributed by atoms with Crippen LogP contribution in [0.3, 0.4) is 0 Å². The fourth-order valence-corrected chi connectivity index (χ4v) is 3.96. The summed E-state index contributed by atoms with van der Waals surface area (Å²) >= 11 is 6.11. The molecule has 0 atom stereocenters. The monoisotopic (exact) mass is 409 g/mol. The predicted molar refractivity (Wildman–Crippen MR) is 116 cm³/mol. The zero-order valence-corrected chi connectivity index (χ0v) is 17.4. The Kier molecular flexibility index (Phi) is 5.58. The molecule has 2 aromatic carbocycles. The number of hydrogen-bond acceptors (Lipinski definition) is 3. The van der Waals surface area contributed by atoms with Gasteiger partial charge in [-0.1, -0.05) is 47.9 Å². The summed E-state index contributed by atoms with van der Waals surface area (Å²) in [7, 11) is 1.57. The van der Waals surface area contributed by atoms with Gasteiger partial charge >= 0.3 is 0 Å². The maximum absolute atomic E-state index is 13.2. The minimum atomic E-state index is -0.241. The van der Waals surface area contributed by atoms with Gasteiger partial charge in [0.2, 0.25) is 0 Å². The first-order chi connectivity index (χ1) is 14.1. The van der Waals surface area contributed by atoms with Crippen LogP contribution >= 0.6 is 11.6 Å². The molecule has 0 unspecified atom stereocenters. The third kappa shape index (κ3) is 4.01. The summed E-state index contributed by atoms with van der Waals surface area (Å²) in [6.07, 6.45) is 4.14. The van der Waals surface area contributed by atoms with E-state index in [2.05, 4.69) is 41.1 Å². The summed E-state index contributed by atoms with van der Waals surface area (Å²) in [6.45, 7) is 2.94. The molecule has 1 aliphatic rings. The third-order valence-electron chi connectivity index (χ3n) is 5.30. The van der Waals surface area contributed by atoms with Gasteiger partial charge < -0.3 is 14.6 Å². The molecule has 0 saturated carbocycles. The Hall–Kier alpha value is -2.79. The Bertz CT molecular complexity index is 1040. The van der Waals surface area contributed by atoms with E-state index < -0.39 is 0 Å². The lowest BCUT2D eigenvalue weighted by atomic mass is 10.1. The van der Waals surface area contributed by atoms with Gasteiger partial charge in [0.25, 0.3) is 5.91 Å². The standard InChI is InChI=1S/C23H24ClN3O2/c1-15-7-9-16(10-8-15)22-26-21(19-6-4-3-5-13-27(19)22)23(28)25-18-14-17(24)11-12-20(18)29-2/h7-12,14H,3-6,13H2,1-2H3,(H,25,28). The highest BCUT2D eigenvalue weighted by Gasteiger charge is 2.25. The molecule has 1 amide bonds. The van der Waals surface area contributed by atoms with Crippen molar-refractivity contribution in [2.75, 3.05) is 12.4 Å². The molecule has 29 heavy (non-hydrogen) atoms. The van der Waals surface area contributed by atoms with Crippen LogP contribution < -0.4 is 10.1 Å². The number of carbonyl (C=O) groups is 1. The molecule has 3 aromatic rings. The van der Waals surface area contributed by atoms with Crippen molar-refractivity contribution in [3.8, 4) is 17.1 Å². The molecule has 0 bridgehead atoms. The van der Waals surface area contributed by atoms with Crippen molar-refractivity contribution in [1.29, 1.82) is 0 Å². The number of hydrogen-bond donors (Lipinski definition) is 1. The van der Waals surface area contributed by atoms with Gasteiger partial charge in [-0.05, 0) is 44.4 Å². The van der Waals surface area contributed by atoms with Gasteiger partial charge in [0.1, 0.15) is 17.3 Å². The number of methoxy groups -OCH3 is 1. The first-order valence-corrected chi connectivity index (χ1v) is 10.3. The van der Waals surface area contributed by atoms with Crippen LogP contribution in [-0.4, -0.2) is 22.6 Å². The van der Waals surface area contributed by atoms with E-state index >= 15 is 0 Å². The lowest BCUT2D eigenvalue weighted by molar-refractivity contribution is 0.102. The van der Waals surface area contributed by atoms with Crippen LogP contribution in [0.4, 0.5) is 5.69 Å². The van der Waals surface area contributed by atoms with E-state index in [0.29, 0.717) is 22.2 Å². The average Bonchev–Trinajstić information content (AvgIpc) is 2.90. The molecule has 2 heterocycles. The maximum Gasteiger partial charge on any atom is 0.276 e. The molecule has 1 N–H and O–H groups in total. The number of nitrogens with zero attached hydrogens (tertiary/aromatic N) is 2. The van der Waals surface area contributed by atoms with Crippen molar-refractivity contribution in [2.45, 2.75) is 39.2 Å². The number of carbonyl (C=O) groups excluding carboxylic acids is 1. The highest BCUT2D eigenvalue weighted by molar-refractivity contribution is 6.31. The van der Waals surface area contributed by atoms with Gasteiger partial charge in [0.15, 0.2) is 0 Å². The lowest BCUT2D eigenvalue weighted by Crippen LogP contribution is -2.16. The Labute approximate surface area is 175 Å². The van der Waals surface area contributed by atoms with Gasteiger partial charge in [-0.25, -0.2) is 4.98 Å². The summed E-state index contributed by atoms with van der Waals surface area (Å²) in [5.41, 5.74) is 4.24. The summed E-state index contributed by atoms with van der Waals surface area (Å²) < 4.78 is 7.57. The summed E-state index contributed by atoms with van der Waals surface area (Å²) in [6, 6.07) is 13.4. The van der Waals surface area contributed by atoms with Crippen molar-refractivity contribution in [2.24, 2.45) is 0 Å². The van der Waals surface area contributed by atoms with Crippen molar-refractivity contribution >= 4 is 23.2 Å². The smallest absolute Gasteiger partial charge is 0.276 e. The number of anilines is 1. The van der Waals surface area contributed by atoms with Crippen LogP contribution in [0, 0.1) is 6.92 Å². The number of nitrogens with one attached hydrogen (secondary N) is 1. The third-order valence-corrected chi connectivity index (χ3v) is 5.54. The molecule has 5 nitrogen and oxygen atoms in total. The topological polar surface area (TPSA) is 56.1 Å². The molecule has 0 aliphatic carbocycles. The van der Waals surface area contributed by atoms with Crippen LogP contribution in [0.5, 0.6) is 5.75 Å². The highest BCUT2D eigenvalue weighted by Crippen LogP contribution is 2.31. The molecule has 1 aromatic heterocycles. The molecule has 1 aliphatic heterocycles. The zero-order chi connectivity index (χ0) is 20.4. The normalized spacial score (nSPS) is 13.5. The molecule has 6 heteroatoms. The van der Waals surface area contributed by atoms with E-state index in [-0.39, 0.29) is 5.91 Å². The van der Waals surface area contributed by atoms with Gasteiger partial charge in [-0.2, -0.15) is 0 Å². The summed E-state index contributed by atoms with van der Waals surface area (Å²) in [5, 5.41) is 3.47. The van der Waals surface area contributed by atoms with E-state index in [4.69, 9.17) is 21.3 Å². The SMILES string of the molecule is COc1ccc(Cl)cc1NC(=O)c1nc(-c2ccc(C)cc2)n2c1CCCCC2. The predicted octanol–water partition coefficient (Wildman–Crippen LogP) is 5.50. The number of imidazole rings is 1. The van der Waals surface area contributed by atoms with Gasteiger partial charge in [0, 0.05) is 17.1 Å². The number of rotatable bonds is 4. The fraction of sp³-hybridized carbons (Fsp3) is 0.304. The Balaban J connectivity index is 1.74. The number of fused-ring (bicyclic) bond motifs is 1. The van der Waals surface area contributed by atoms with Crippen LogP contribution in [0.1, 0.15) is 41.0 Å². The number of aromatic nitrogens is 2. The van der Waals surface area contributed by atoms with E-state index in [1.165, 1.54) is 5.56 Å². The van der Waals surface area contributed by atoms with Crippen LogP contribution in [-0.2, 0) is 13.0 Å². The largest absolute Gasteiger partial charge is 0.495 e. The second kappa shape index (κ2) is 8.29. The average molecular weight is 410 g/mol. The van der Waals surface area contributed by atoms with E-state index in [9.17, 15) is 4.79 Å². The number of ether oxygens (including phenoxy) is 1. The van der Waals surface area contributed by atoms with Crippen molar-refractivity contribution in [3.05, 3.63) is 64.4 Å². The van der Waals surface area contributed by atoms with Crippen molar-refractivity contribution in [3.63, 3.8) is 0 Å². The van der Waals surface area contributed by atoms with Crippen molar-refractivity contribution < 1.29 is 9.53 Å². The van der Waals surface area contributed by atoms with Gasteiger partial charge in [-0.3, -0.25) is 4.79 Å². The molecule has 150 valence electrons. The van der Waals surface area contributed by atoms with E-state index in [0.717, 1.165) is 49.3 Å². The lowest BCUT2D eigenvalue weighted by Gasteiger charge is -2.11. The molecular formula is C23H24ClN3O2. The molecule has 0 saturated heterocycles. The molecule has 0 spiro atoms. The minimum absolute atomic E-state index is 0.241. The Morgan fingerprint density at radius 2 is 1.93 bits per heavy atom. The fourth-order valence-electron chi connectivity index (χ4n) is 3.78. The Morgan fingerprint density at radius 3 is 2.69 bits per heavy atom. The molecule has 0 radical (unpaired) electrons. The molecule has 4 rings (SSSR count). The second-order valence-corrected chi connectivity index (χ2v) is 7.79. The Morgan fingerprint density at radius 1 is 1.14 bits per heavy atom. The summed E-state index contributed by atoms with van der Waals surface area (Å²) in [5.74, 6) is 1.17. The number of halogens is 1. The van der Waals surface area contributed by atoms with Crippen LogP contribution in [0.2, 0.25) is 5.02 Å². The van der Waals surface area contributed by atoms with E-state index in [1.807, 2.05) is 0 Å². The number of aryl methyl sites for hydroxylation is 1. The van der Waals surface area contributed by atoms with Crippen LogP contribution in [0.25, 0.3) is 11.4 Å². The van der Waals surface area contributed by atoms with E-state index in [1.54, 1.807) is 25.3 Å². The van der Waals surface area contributed by atoms with Crippen LogP contribution in [0.15, 0.2) is 42.5 Å². The summed E-state index contributed by atoms with van der Waals surface area (Å²) in [4.78, 5) is 18.0. The maximum atomic E-state index is 13.2. The highest BCUT2D eigenvalue weighted by atomic mass is 35.5. The quantitative estimate of drug-likeness (QED) is 0.619. The van der Waals surface area contributed by atoms with Gasteiger partial charge in [-0.15, -0.1) is 0 Å². The number of benzene rings is 2. The first-order valence-electron chi connectivity index (χ1n) is 9.88. The zero-order valence-electron chi connectivity index (χ0n) is 16.7. The minimum Gasteiger partial charge on any atom is -0.495 e. The number of amides is 1. The second-order valence-electron chi connectivity index (χ2n) is 7.36. The molecule has 0 fully saturated rings. The molecular weight excluding hydrogens is 386 g/mol. The first kappa shape index (κ1) is 19.5.